The Kier molecular flexibility index (Phi) is 14.4. The molecule has 0 saturated heterocycles. The van der Waals surface area contributed by atoms with E-state index in [0.717, 1.165) is 45.3 Å². The van der Waals surface area contributed by atoms with Gasteiger partial charge in [0, 0.05) is 34.1 Å². The number of hydrogen-bond donors (Lipinski definition) is 0. The van der Waals surface area contributed by atoms with E-state index in [-0.39, 0.29) is 10.8 Å². The molecule has 0 fully saturated rings. The van der Waals surface area contributed by atoms with Crippen LogP contribution in [0.3, 0.4) is 0 Å². The maximum absolute atomic E-state index is 2.36. The first-order chi connectivity index (χ1) is 30.1. The van der Waals surface area contributed by atoms with Crippen LogP contribution in [0.1, 0.15) is 113 Å². The van der Waals surface area contributed by atoms with E-state index in [9.17, 15) is 0 Å². The molecule has 0 unspecified atom stereocenters. The first-order valence-electron chi connectivity index (χ1n) is 22.7. The predicted octanol–water partition coefficient (Wildman–Crippen LogP) is 17.9. The van der Waals surface area contributed by atoms with Gasteiger partial charge in [-0.15, -0.1) is 0 Å². The van der Waals surface area contributed by atoms with Crippen molar-refractivity contribution in [3.05, 3.63) is 215 Å². The number of hydrogen-bond acceptors (Lipinski definition) is 2. The van der Waals surface area contributed by atoms with Gasteiger partial charge in [-0.05, 0) is 130 Å². The second kappa shape index (κ2) is 20.5. The molecule has 0 bridgehead atoms. The van der Waals surface area contributed by atoms with Crippen molar-refractivity contribution < 1.29 is 0 Å². The lowest BCUT2D eigenvalue weighted by Crippen LogP contribution is -2.17. The van der Waals surface area contributed by atoms with Crippen LogP contribution in [0.15, 0.2) is 182 Å². The lowest BCUT2D eigenvalue weighted by atomic mass is 9.80. The van der Waals surface area contributed by atoms with Gasteiger partial charge in [-0.3, -0.25) is 0 Å². The molecule has 2 nitrogen and oxygen atoms in total. The lowest BCUT2D eigenvalue weighted by Gasteiger charge is -2.28. The van der Waals surface area contributed by atoms with Crippen molar-refractivity contribution >= 4 is 58.4 Å². The van der Waals surface area contributed by atoms with Crippen molar-refractivity contribution in [2.75, 3.05) is 9.80 Å². The number of nitrogens with zero attached hydrogens (tertiary/aromatic N) is 2. The minimum absolute atomic E-state index is 0.163. The summed E-state index contributed by atoms with van der Waals surface area (Å²) < 4.78 is 0. The second-order valence-corrected chi connectivity index (χ2v) is 17.9. The molecule has 0 aliphatic rings. The zero-order valence-corrected chi connectivity index (χ0v) is 37.8. The summed E-state index contributed by atoms with van der Waals surface area (Å²) in [6.07, 6.45) is 16.1. The van der Waals surface area contributed by atoms with Crippen LogP contribution in [0, 0.1) is 0 Å². The summed E-state index contributed by atoms with van der Waals surface area (Å²) in [5, 5.41) is 0. The quantitative estimate of drug-likeness (QED) is 0.0797. The Morgan fingerprint density at radius 2 is 0.565 bits per heavy atom. The molecule has 0 saturated carbocycles. The molecule has 0 N–H and O–H groups in total. The highest BCUT2D eigenvalue weighted by Gasteiger charge is 2.22. The Morgan fingerprint density at radius 3 is 0.839 bits per heavy atom. The molecule has 0 radical (unpaired) electrons. The SMILES string of the molecule is CCCCC(C)(C)c1ccc(N(c2ccccc2)c2ccc(/C=C/c3ccc(/C=C/c4ccc(N(c5ccccc5)c5ccc(C(C)(C)CCCC)cc5)cc4)cc3)cc2)cc1. The lowest BCUT2D eigenvalue weighted by molar-refractivity contribution is 0.458. The molecule has 0 aliphatic carbocycles. The maximum atomic E-state index is 2.36. The molecule has 314 valence electrons. The van der Waals surface area contributed by atoms with Crippen LogP contribution >= 0.6 is 0 Å². The minimum atomic E-state index is 0.163. The average molecular weight is 813 g/mol. The van der Waals surface area contributed by atoms with Gasteiger partial charge in [-0.25, -0.2) is 0 Å². The van der Waals surface area contributed by atoms with Gasteiger partial charge in [0.05, 0.1) is 0 Å². The van der Waals surface area contributed by atoms with Gasteiger partial charge in [-0.1, -0.05) is 201 Å². The van der Waals surface area contributed by atoms with Crippen LogP contribution < -0.4 is 9.80 Å². The second-order valence-electron chi connectivity index (χ2n) is 17.9. The molecule has 2 heteroatoms. The summed E-state index contributed by atoms with van der Waals surface area (Å²) in [7, 11) is 0. The largest absolute Gasteiger partial charge is 0.311 e. The van der Waals surface area contributed by atoms with Crippen LogP contribution in [0.4, 0.5) is 34.1 Å². The molecular formula is C60H64N2. The Labute approximate surface area is 372 Å². The van der Waals surface area contributed by atoms with Gasteiger partial charge in [0.1, 0.15) is 0 Å². The molecule has 0 amide bonds. The topological polar surface area (TPSA) is 6.48 Å². The fourth-order valence-corrected chi connectivity index (χ4v) is 8.27. The van der Waals surface area contributed by atoms with Crippen molar-refractivity contribution in [1.82, 2.24) is 0 Å². The number of unbranched alkanes of at least 4 members (excludes halogenated alkanes) is 2. The normalized spacial score (nSPS) is 12.0. The average Bonchev–Trinajstić information content (AvgIpc) is 3.31. The minimum Gasteiger partial charge on any atom is -0.311 e. The van der Waals surface area contributed by atoms with E-state index < -0.39 is 0 Å². The molecular weight excluding hydrogens is 749 g/mol. The summed E-state index contributed by atoms with van der Waals surface area (Å²) in [4.78, 5) is 4.68. The van der Waals surface area contributed by atoms with Crippen molar-refractivity contribution in [1.29, 1.82) is 0 Å². The van der Waals surface area contributed by atoms with Crippen molar-refractivity contribution in [3.63, 3.8) is 0 Å². The number of benzene rings is 7. The van der Waals surface area contributed by atoms with E-state index >= 15 is 0 Å². The van der Waals surface area contributed by atoms with Gasteiger partial charge in [-0.2, -0.15) is 0 Å². The number of rotatable bonds is 18. The van der Waals surface area contributed by atoms with Gasteiger partial charge in [0.15, 0.2) is 0 Å². The van der Waals surface area contributed by atoms with Crippen molar-refractivity contribution in [2.24, 2.45) is 0 Å². The summed E-state index contributed by atoms with van der Waals surface area (Å²) in [6.45, 7) is 14.0. The fourth-order valence-electron chi connectivity index (χ4n) is 8.27. The zero-order valence-electron chi connectivity index (χ0n) is 37.8. The third kappa shape index (κ3) is 11.1. The highest BCUT2D eigenvalue weighted by Crippen LogP contribution is 2.39. The summed E-state index contributed by atoms with van der Waals surface area (Å²) in [6, 6.07) is 66.1. The Hall–Kier alpha value is -6.38. The first-order valence-corrected chi connectivity index (χ1v) is 22.7. The Balaban J connectivity index is 1.01. The van der Waals surface area contributed by atoms with Crippen LogP contribution in [0.5, 0.6) is 0 Å². The predicted molar refractivity (Wildman–Crippen MR) is 272 cm³/mol. The maximum Gasteiger partial charge on any atom is 0.0462 e. The van der Waals surface area contributed by atoms with Gasteiger partial charge in [0.2, 0.25) is 0 Å². The van der Waals surface area contributed by atoms with Gasteiger partial charge < -0.3 is 9.80 Å². The van der Waals surface area contributed by atoms with Crippen molar-refractivity contribution in [2.45, 2.75) is 90.9 Å². The third-order valence-corrected chi connectivity index (χ3v) is 12.3. The molecule has 7 aromatic carbocycles. The standard InChI is InChI=1S/C60H64N2/c1-7-9-45-59(3,4)51-33-41-57(42-34-51)61(53-17-13-11-14-18-53)55-37-29-49(30-38-55)27-25-47-21-23-48(24-22-47)26-28-50-31-39-56(40-32-50)62(54-19-15-12-16-20-54)58-43-35-52(36-44-58)60(5,6)46-10-8-2/h11-44H,7-10,45-46H2,1-6H3/b27-25+,28-26+. The van der Waals surface area contributed by atoms with E-state index in [1.54, 1.807) is 0 Å². The third-order valence-electron chi connectivity index (χ3n) is 12.3. The van der Waals surface area contributed by atoms with E-state index in [1.807, 2.05) is 0 Å². The molecule has 0 aliphatic heterocycles. The number of para-hydroxylation sites is 2. The van der Waals surface area contributed by atoms with E-state index in [4.69, 9.17) is 0 Å². The number of anilines is 6. The van der Waals surface area contributed by atoms with Gasteiger partial charge in [0.25, 0.3) is 0 Å². The molecule has 0 aromatic heterocycles. The molecule has 7 aromatic rings. The Morgan fingerprint density at radius 1 is 0.323 bits per heavy atom. The van der Waals surface area contributed by atoms with Crippen LogP contribution in [-0.2, 0) is 10.8 Å². The summed E-state index contributed by atoms with van der Waals surface area (Å²) in [5.74, 6) is 0. The molecule has 62 heavy (non-hydrogen) atoms. The molecule has 0 spiro atoms. The highest BCUT2D eigenvalue weighted by atomic mass is 15.1. The van der Waals surface area contributed by atoms with Crippen LogP contribution in [-0.4, -0.2) is 0 Å². The van der Waals surface area contributed by atoms with Crippen LogP contribution in [0.2, 0.25) is 0 Å². The van der Waals surface area contributed by atoms with E-state index in [0.29, 0.717) is 0 Å². The van der Waals surface area contributed by atoms with E-state index in [1.165, 1.54) is 60.8 Å². The molecule has 7 rings (SSSR count). The molecule has 0 atom stereocenters. The monoisotopic (exact) mass is 813 g/mol. The molecule has 0 heterocycles. The summed E-state index contributed by atoms with van der Waals surface area (Å²) in [5.41, 5.74) is 14.7. The summed E-state index contributed by atoms with van der Waals surface area (Å²) >= 11 is 0. The first kappa shape index (κ1) is 43.7. The Bertz CT molecular complexity index is 2290. The highest BCUT2D eigenvalue weighted by molar-refractivity contribution is 5.80. The fraction of sp³-hybridized carbons (Fsp3) is 0.233. The van der Waals surface area contributed by atoms with E-state index in [2.05, 4.69) is 258 Å². The van der Waals surface area contributed by atoms with Gasteiger partial charge >= 0.3 is 0 Å². The smallest absolute Gasteiger partial charge is 0.0462 e. The van der Waals surface area contributed by atoms with Crippen molar-refractivity contribution in [3.8, 4) is 0 Å². The zero-order chi connectivity index (χ0) is 43.4. The van der Waals surface area contributed by atoms with Crippen LogP contribution in [0.25, 0.3) is 24.3 Å².